The number of hydrogen-bond donors (Lipinski definition) is 2. The van der Waals surface area contributed by atoms with Crippen LogP contribution in [-0.4, -0.2) is 22.5 Å². The number of carbonyl (C=O) groups is 2. The molecule has 0 aromatic heterocycles. The summed E-state index contributed by atoms with van der Waals surface area (Å²) in [4.78, 5) is 22.9. The van der Waals surface area contributed by atoms with Gasteiger partial charge < -0.3 is 10.4 Å². The predicted octanol–water partition coefficient (Wildman–Crippen LogP) is 2.33. The number of hydrogen-bond acceptors (Lipinski definition) is 2. The highest BCUT2D eigenvalue weighted by atomic mass is 16.4. The summed E-state index contributed by atoms with van der Waals surface area (Å²) in [6.45, 7) is 3.85. The largest absolute Gasteiger partial charge is 0.481 e. The molecule has 1 aliphatic carbocycles. The molecule has 4 nitrogen and oxygen atoms in total. The zero-order valence-electron chi connectivity index (χ0n) is 10.8. The van der Waals surface area contributed by atoms with Crippen LogP contribution in [0.5, 0.6) is 0 Å². The van der Waals surface area contributed by atoms with Crippen LogP contribution < -0.4 is 5.32 Å². The number of nitrogens with one attached hydrogen (secondary N) is 1. The Bertz CT molecular complexity index is 282. The van der Waals surface area contributed by atoms with Gasteiger partial charge in [0.2, 0.25) is 5.91 Å². The third kappa shape index (κ3) is 4.02. The topological polar surface area (TPSA) is 66.4 Å². The molecule has 0 heterocycles. The summed E-state index contributed by atoms with van der Waals surface area (Å²) >= 11 is 0. The molecule has 98 valence electrons. The van der Waals surface area contributed by atoms with E-state index in [1.54, 1.807) is 0 Å². The van der Waals surface area contributed by atoms with E-state index in [0.29, 0.717) is 0 Å². The SMILES string of the molecule is CCC(C)C(=O)NC1(CC(=O)O)CCCCC1. The minimum absolute atomic E-state index is 0.00403. The zero-order valence-corrected chi connectivity index (χ0v) is 10.8. The highest BCUT2D eigenvalue weighted by molar-refractivity contribution is 5.80. The van der Waals surface area contributed by atoms with E-state index in [1.807, 2.05) is 13.8 Å². The maximum absolute atomic E-state index is 11.9. The minimum atomic E-state index is -0.823. The maximum Gasteiger partial charge on any atom is 0.305 e. The van der Waals surface area contributed by atoms with Crippen molar-refractivity contribution < 1.29 is 14.7 Å². The van der Waals surface area contributed by atoms with Gasteiger partial charge in [0.25, 0.3) is 0 Å². The summed E-state index contributed by atoms with van der Waals surface area (Å²) in [6.07, 6.45) is 5.58. The van der Waals surface area contributed by atoms with Crippen molar-refractivity contribution in [3.05, 3.63) is 0 Å². The van der Waals surface area contributed by atoms with Crippen LogP contribution in [0.25, 0.3) is 0 Å². The minimum Gasteiger partial charge on any atom is -0.481 e. The molecule has 1 rings (SSSR count). The molecule has 17 heavy (non-hydrogen) atoms. The van der Waals surface area contributed by atoms with Crippen molar-refractivity contribution in [2.24, 2.45) is 5.92 Å². The highest BCUT2D eigenvalue weighted by Gasteiger charge is 2.36. The first-order valence-electron chi connectivity index (χ1n) is 6.53. The van der Waals surface area contributed by atoms with E-state index in [2.05, 4.69) is 5.32 Å². The fourth-order valence-corrected chi connectivity index (χ4v) is 2.43. The smallest absolute Gasteiger partial charge is 0.305 e. The molecule has 1 saturated carbocycles. The van der Waals surface area contributed by atoms with Crippen molar-refractivity contribution in [3.8, 4) is 0 Å². The first-order chi connectivity index (χ1) is 7.99. The van der Waals surface area contributed by atoms with Gasteiger partial charge in [0, 0.05) is 5.92 Å². The van der Waals surface area contributed by atoms with Crippen molar-refractivity contribution in [3.63, 3.8) is 0 Å². The number of amides is 1. The molecule has 0 radical (unpaired) electrons. The molecule has 1 aliphatic rings. The lowest BCUT2D eigenvalue weighted by molar-refractivity contribution is -0.140. The lowest BCUT2D eigenvalue weighted by atomic mass is 9.79. The van der Waals surface area contributed by atoms with E-state index >= 15 is 0 Å². The van der Waals surface area contributed by atoms with Crippen molar-refractivity contribution in [1.82, 2.24) is 5.32 Å². The van der Waals surface area contributed by atoms with Gasteiger partial charge in [0.05, 0.1) is 12.0 Å². The summed E-state index contributed by atoms with van der Waals surface area (Å²) in [6, 6.07) is 0. The Morgan fingerprint density at radius 3 is 2.35 bits per heavy atom. The van der Waals surface area contributed by atoms with E-state index in [4.69, 9.17) is 5.11 Å². The molecule has 2 N–H and O–H groups in total. The predicted molar refractivity (Wildman–Crippen MR) is 65.7 cm³/mol. The number of aliphatic carboxylic acids is 1. The maximum atomic E-state index is 11.9. The van der Waals surface area contributed by atoms with Crippen LogP contribution in [0.1, 0.15) is 58.8 Å². The first kappa shape index (κ1) is 14.0. The van der Waals surface area contributed by atoms with E-state index in [1.165, 1.54) is 0 Å². The molecule has 1 unspecified atom stereocenters. The van der Waals surface area contributed by atoms with Crippen molar-refractivity contribution in [2.75, 3.05) is 0 Å². The van der Waals surface area contributed by atoms with Gasteiger partial charge in [-0.05, 0) is 19.3 Å². The standard InChI is InChI=1S/C13H23NO3/c1-3-10(2)12(17)14-13(9-11(15)16)7-5-4-6-8-13/h10H,3-9H2,1-2H3,(H,14,17)(H,15,16). The zero-order chi connectivity index (χ0) is 12.9. The van der Waals surface area contributed by atoms with Gasteiger partial charge in [-0.1, -0.05) is 33.1 Å². The van der Waals surface area contributed by atoms with E-state index in [0.717, 1.165) is 38.5 Å². The molecule has 0 aromatic rings. The van der Waals surface area contributed by atoms with Crippen LogP contribution in [0.4, 0.5) is 0 Å². The summed E-state index contributed by atoms with van der Waals surface area (Å²) in [5.74, 6) is -0.866. The molecule has 0 spiro atoms. The second-order valence-corrected chi connectivity index (χ2v) is 5.21. The second-order valence-electron chi connectivity index (χ2n) is 5.21. The molecule has 4 heteroatoms. The van der Waals surface area contributed by atoms with Crippen LogP contribution in [0.3, 0.4) is 0 Å². The van der Waals surface area contributed by atoms with E-state index < -0.39 is 11.5 Å². The number of carboxylic acids is 1. The van der Waals surface area contributed by atoms with Crippen molar-refractivity contribution in [2.45, 2.75) is 64.3 Å². The summed E-state index contributed by atoms with van der Waals surface area (Å²) < 4.78 is 0. The Labute approximate surface area is 103 Å². The van der Waals surface area contributed by atoms with Crippen LogP contribution in [0.15, 0.2) is 0 Å². The third-order valence-corrected chi connectivity index (χ3v) is 3.75. The average Bonchev–Trinajstić information content (AvgIpc) is 2.27. The summed E-state index contributed by atoms with van der Waals surface area (Å²) in [5, 5.41) is 12.0. The fraction of sp³-hybridized carbons (Fsp3) is 0.846. The second kappa shape index (κ2) is 6.03. The Balaban J connectivity index is 2.69. The number of rotatable bonds is 5. The lowest BCUT2D eigenvalue weighted by Crippen LogP contribution is -2.52. The normalized spacial score (nSPS) is 20.6. The van der Waals surface area contributed by atoms with Gasteiger partial charge in [0.1, 0.15) is 0 Å². The molecule has 0 aromatic carbocycles. The van der Waals surface area contributed by atoms with Gasteiger partial charge in [-0.15, -0.1) is 0 Å². The molecule has 1 amide bonds. The van der Waals surface area contributed by atoms with Crippen molar-refractivity contribution >= 4 is 11.9 Å². The Hall–Kier alpha value is -1.06. The highest BCUT2D eigenvalue weighted by Crippen LogP contribution is 2.31. The molecule has 0 aliphatic heterocycles. The molecule has 0 bridgehead atoms. The van der Waals surface area contributed by atoms with Crippen LogP contribution in [0, 0.1) is 5.92 Å². The first-order valence-corrected chi connectivity index (χ1v) is 6.53. The van der Waals surface area contributed by atoms with Gasteiger partial charge in [0.15, 0.2) is 0 Å². The lowest BCUT2D eigenvalue weighted by Gasteiger charge is -2.37. The number of carboxylic acid groups (broad SMARTS) is 1. The van der Waals surface area contributed by atoms with E-state index in [9.17, 15) is 9.59 Å². The summed E-state index contributed by atoms with van der Waals surface area (Å²) in [7, 11) is 0. The third-order valence-electron chi connectivity index (χ3n) is 3.75. The molecular weight excluding hydrogens is 218 g/mol. The summed E-state index contributed by atoms with van der Waals surface area (Å²) in [5.41, 5.74) is -0.495. The Kier molecular flexibility index (Phi) is 4.97. The average molecular weight is 241 g/mol. The Morgan fingerprint density at radius 2 is 1.88 bits per heavy atom. The molecule has 1 atom stereocenters. The van der Waals surface area contributed by atoms with E-state index in [-0.39, 0.29) is 18.2 Å². The van der Waals surface area contributed by atoms with Crippen LogP contribution in [0.2, 0.25) is 0 Å². The fourth-order valence-electron chi connectivity index (χ4n) is 2.43. The van der Waals surface area contributed by atoms with Crippen molar-refractivity contribution in [1.29, 1.82) is 0 Å². The van der Waals surface area contributed by atoms with Gasteiger partial charge in [-0.2, -0.15) is 0 Å². The Morgan fingerprint density at radius 1 is 1.29 bits per heavy atom. The van der Waals surface area contributed by atoms with Crippen LogP contribution >= 0.6 is 0 Å². The molecule has 0 saturated heterocycles. The van der Waals surface area contributed by atoms with Gasteiger partial charge >= 0.3 is 5.97 Å². The molecular formula is C13H23NO3. The number of carbonyl (C=O) groups excluding carboxylic acids is 1. The van der Waals surface area contributed by atoms with Crippen LogP contribution in [-0.2, 0) is 9.59 Å². The van der Waals surface area contributed by atoms with Gasteiger partial charge in [-0.3, -0.25) is 9.59 Å². The van der Waals surface area contributed by atoms with Gasteiger partial charge in [-0.25, -0.2) is 0 Å². The quantitative estimate of drug-likeness (QED) is 0.776. The molecule has 1 fully saturated rings. The monoisotopic (exact) mass is 241 g/mol.